The van der Waals surface area contributed by atoms with Crippen molar-refractivity contribution in [3.05, 3.63) is 77.3 Å². The van der Waals surface area contributed by atoms with E-state index in [4.69, 9.17) is 11.6 Å². The second-order valence-electron chi connectivity index (χ2n) is 8.20. The fraction of sp³-hybridized carbons (Fsp3) is 0.308. The predicted octanol–water partition coefficient (Wildman–Crippen LogP) is 4.06. The highest BCUT2D eigenvalue weighted by Crippen LogP contribution is 2.23. The van der Waals surface area contributed by atoms with Gasteiger partial charge in [-0.25, -0.2) is 8.42 Å². The third-order valence-electron chi connectivity index (χ3n) is 5.82. The van der Waals surface area contributed by atoms with E-state index in [1.54, 1.807) is 43.3 Å². The summed E-state index contributed by atoms with van der Waals surface area (Å²) in [6.07, 6.45) is 0.364. The van der Waals surface area contributed by atoms with Crippen molar-refractivity contribution in [1.82, 2.24) is 14.5 Å². The molecule has 1 N–H and O–H groups in total. The van der Waals surface area contributed by atoms with Gasteiger partial charge in [0.1, 0.15) is 6.04 Å². The Morgan fingerprint density at radius 3 is 2.29 bits per heavy atom. The van der Waals surface area contributed by atoms with Crippen molar-refractivity contribution in [2.45, 2.75) is 37.8 Å². The van der Waals surface area contributed by atoms with Gasteiger partial charge in [0.05, 0.1) is 11.4 Å². The van der Waals surface area contributed by atoms with Crippen molar-refractivity contribution < 1.29 is 18.0 Å². The van der Waals surface area contributed by atoms with Gasteiger partial charge < -0.3 is 10.2 Å². The van der Waals surface area contributed by atoms with Gasteiger partial charge in [-0.1, -0.05) is 67.1 Å². The first kappa shape index (κ1) is 26.7. The Morgan fingerprint density at radius 2 is 1.63 bits per heavy atom. The summed E-state index contributed by atoms with van der Waals surface area (Å²) in [5.74, 6) is -0.787. The van der Waals surface area contributed by atoms with E-state index < -0.39 is 28.5 Å². The fourth-order valence-electron chi connectivity index (χ4n) is 3.90. The zero-order chi connectivity index (χ0) is 25.6. The first-order valence-electron chi connectivity index (χ1n) is 11.4. The van der Waals surface area contributed by atoms with Crippen LogP contribution in [0.25, 0.3) is 10.8 Å². The number of hydrogen-bond acceptors (Lipinski definition) is 4. The molecule has 0 aromatic heterocycles. The molecule has 0 aliphatic rings. The van der Waals surface area contributed by atoms with Crippen molar-refractivity contribution in [2.75, 3.05) is 20.1 Å². The number of halogens is 1. The molecule has 9 heteroatoms. The molecule has 0 spiro atoms. The van der Waals surface area contributed by atoms with E-state index in [1.165, 1.54) is 18.0 Å². The Hall–Kier alpha value is -2.94. The molecule has 1 unspecified atom stereocenters. The summed E-state index contributed by atoms with van der Waals surface area (Å²) in [6, 6.07) is 18.6. The summed E-state index contributed by atoms with van der Waals surface area (Å²) >= 11 is 6.32. The topological polar surface area (TPSA) is 86.8 Å². The maximum Gasteiger partial charge on any atom is 0.243 e. The van der Waals surface area contributed by atoms with Gasteiger partial charge in [0, 0.05) is 25.2 Å². The standard InChI is InChI=1S/C26H30ClN3O4S/c1-4-24(26(32)28-5-2)30(17-21-12-8-9-13-23(21)27)25(31)18-29(3)35(33,34)22-15-14-19-10-6-7-11-20(19)16-22/h6-16,24H,4-5,17-18H2,1-3H3,(H,28,32). The van der Waals surface area contributed by atoms with Crippen LogP contribution in [0.15, 0.2) is 71.6 Å². The van der Waals surface area contributed by atoms with Gasteiger partial charge in [-0.15, -0.1) is 0 Å². The van der Waals surface area contributed by atoms with Crippen LogP contribution in [-0.4, -0.2) is 55.6 Å². The molecule has 186 valence electrons. The lowest BCUT2D eigenvalue weighted by Crippen LogP contribution is -2.51. The molecular weight excluding hydrogens is 486 g/mol. The van der Waals surface area contributed by atoms with Crippen LogP contribution in [0.5, 0.6) is 0 Å². The highest BCUT2D eigenvalue weighted by atomic mass is 35.5. The van der Waals surface area contributed by atoms with E-state index in [-0.39, 0.29) is 17.3 Å². The number of likely N-dealkylation sites (N-methyl/N-ethyl adjacent to an activating group) is 2. The molecule has 0 heterocycles. The van der Waals surface area contributed by atoms with E-state index in [0.29, 0.717) is 23.6 Å². The fourth-order valence-corrected chi connectivity index (χ4v) is 5.25. The molecule has 0 aliphatic carbocycles. The van der Waals surface area contributed by atoms with Crippen molar-refractivity contribution >= 4 is 44.2 Å². The number of benzene rings is 3. The Kier molecular flexibility index (Phi) is 8.88. The minimum Gasteiger partial charge on any atom is -0.355 e. The summed E-state index contributed by atoms with van der Waals surface area (Å²) in [4.78, 5) is 27.7. The minimum absolute atomic E-state index is 0.0814. The van der Waals surface area contributed by atoms with Crippen LogP contribution in [0, 0.1) is 0 Å². The third-order valence-corrected chi connectivity index (χ3v) is 7.99. The SMILES string of the molecule is CCNC(=O)C(CC)N(Cc1ccccc1Cl)C(=O)CN(C)S(=O)(=O)c1ccc2ccccc2c1. The molecule has 0 aliphatic heterocycles. The molecule has 0 saturated heterocycles. The zero-order valence-electron chi connectivity index (χ0n) is 20.1. The minimum atomic E-state index is -3.94. The van der Waals surface area contributed by atoms with Gasteiger partial charge in [0.15, 0.2) is 0 Å². The lowest BCUT2D eigenvalue weighted by atomic mass is 10.1. The number of carbonyl (C=O) groups is 2. The van der Waals surface area contributed by atoms with Crippen molar-refractivity contribution in [2.24, 2.45) is 0 Å². The Bertz CT molecular complexity index is 1310. The molecule has 0 fully saturated rings. The van der Waals surface area contributed by atoms with Crippen LogP contribution in [0.4, 0.5) is 0 Å². The summed E-state index contributed by atoms with van der Waals surface area (Å²) in [5.41, 5.74) is 0.672. The number of sulfonamides is 1. The number of hydrogen-bond donors (Lipinski definition) is 1. The number of carbonyl (C=O) groups excluding carboxylic acids is 2. The molecule has 0 radical (unpaired) electrons. The quantitative estimate of drug-likeness (QED) is 0.441. The molecular formula is C26H30ClN3O4S. The van der Waals surface area contributed by atoms with Crippen LogP contribution in [0.2, 0.25) is 5.02 Å². The maximum atomic E-state index is 13.5. The maximum absolute atomic E-state index is 13.5. The molecule has 35 heavy (non-hydrogen) atoms. The van der Waals surface area contributed by atoms with Crippen LogP contribution in [0.1, 0.15) is 25.8 Å². The second-order valence-corrected chi connectivity index (χ2v) is 10.7. The lowest BCUT2D eigenvalue weighted by Gasteiger charge is -2.32. The van der Waals surface area contributed by atoms with Crippen LogP contribution in [0.3, 0.4) is 0 Å². The monoisotopic (exact) mass is 515 g/mol. The van der Waals surface area contributed by atoms with Gasteiger partial charge >= 0.3 is 0 Å². The smallest absolute Gasteiger partial charge is 0.243 e. The largest absolute Gasteiger partial charge is 0.355 e. The van der Waals surface area contributed by atoms with Crippen molar-refractivity contribution in [3.63, 3.8) is 0 Å². The van der Waals surface area contributed by atoms with Crippen LogP contribution >= 0.6 is 11.6 Å². The average Bonchev–Trinajstić information content (AvgIpc) is 2.84. The summed E-state index contributed by atoms with van der Waals surface area (Å²) in [5, 5.41) is 4.94. The van der Waals surface area contributed by atoms with Crippen LogP contribution in [-0.2, 0) is 26.2 Å². The van der Waals surface area contributed by atoms with E-state index >= 15 is 0 Å². The summed E-state index contributed by atoms with van der Waals surface area (Å²) in [6.45, 7) is 3.68. The molecule has 3 aromatic carbocycles. The molecule has 0 saturated carbocycles. The molecule has 1 atom stereocenters. The van der Waals surface area contributed by atoms with E-state index in [9.17, 15) is 18.0 Å². The number of nitrogens with one attached hydrogen (secondary N) is 1. The summed E-state index contributed by atoms with van der Waals surface area (Å²) < 4.78 is 27.6. The van der Waals surface area contributed by atoms with Crippen molar-refractivity contribution in [1.29, 1.82) is 0 Å². The van der Waals surface area contributed by atoms with Crippen molar-refractivity contribution in [3.8, 4) is 0 Å². The Morgan fingerprint density at radius 1 is 0.971 bits per heavy atom. The predicted molar refractivity (Wildman–Crippen MR) is 139 cm³/mol. The molecule has 7 nitrogen and oxygen atoms in total. The number of fused-ring (bicyclic) bond motifs is 1. The summed E-state index contributed by atoms with van der Waals surface area (Å²) in [7, 11) is -2.58. The number of amides is 2. The Labute approximate surface area is 211 Å². The lowest BCUT2D eigenvalue weighted by molar-refractivity contribution is -0.141. The van der Waals surface area contributed by atoms with Gasteiger partial charge in [-0.3, -0.25) is 9.59 Å². The first-order chi connectivity index (χ1) is 16.7. The van der Waals surface area contributed by atoms with E-state index in [1.807, 2.05) is 31.2 Å². The Balaban J connectivity index is 1.89. The zero-order valence-corrected chi connectivity index (χ0v) is 21.6. The van der Waals surface area contributed by atoms with Gasteiger partial charge in [-0.05, 0) is 47.9 Å². The first-order valence-corrected chi connectivity index (χ1v) is 13.3. The number of nitrogens with zero attached hydrogens (tertiary/aromatic N) is 2. The molecule has 2 amide bonds. The van der Waals surface area contributed by atoms with E-state index in [0.717, 1.165) is 15.1 Å². The van der Waals surface area contributed by atoms with Gasteiger partial charge in [0.2, 0.25) is 21.8 Å². The highest BCUT2D eigenvalue weighted by molar-refractivity contribution is 7.89. The highest BCUT2D eigenvalue weighted by Gasteiger charge is 2.32. The molecule has 0 bridgehead atoms. The number of rotatable bonds is 10. The normalized spacial score (nSPS) is 12.5. The third kappa shape index (κ3) is 6.20. The van der Waals surface area contributed by atoms with Gasteiger partial charge in [0.25, 0.3) is 0 Å². The second kappa shape index (κ2) is 11.7. The molecule has 3 aromatic rings. The van der Waals surface area contributed by atoms with Crippen LogP contribution < -0.4 is 5.32 Å². The molecule has 3 rings (SSSR count). The average molecular weight is 516 g/mol. The van der Waals surface area contributed by atoms with Gasteiger partial charge in [-0.2, -0.15) is 4.31 Å². The van der Waals surface area contributed by atoms with E-state index in [2.05, 4.69) is 5.32 Å².